The predicted octanol–water partition coefficient (Wildman–Crippen LogP) is 3.03. The molecule has 4 nitrogen and oxygen atoms in total. The van der Waals surface area contributed by atoms with Crippen LogP contribution in [0.3, 0.4) is 0 Å². The van der Waals surface area contributed by atoms with E-state index in [2.05, 4.69) is 42.7 Å². The number of hydrogen-bond donors (Lipinski definition) is 1. The van der Waals surface area contributed by atoms with Crippen LogP contribution >= 0.6 is 11.8 Å². The largest absolute Gasteiger partial charge is 0.373 e. The van der Waals surface area contributed by atoms with E-state index < -0.39 is 0 Å². The molecule has 0 aromatic carbocycles. The van der Waals surface area contributed by atoms with E-state index in [0.717, 1.165) is 24.0 Å². The van der Waals surface area contributed by atoms with Crippen molar-refractivity contribution in [3.05, 3.63) is 11.4 Å². The number of rotatable bonds is 3. The van der Waals surface area contributed by atoms with Gasteiger partial charge in [0.1, 0.15) is 17.5 Å². The zero-order chi connectivity index (χ0) is 14.3. The van der Waals surface area contributed by atoms with Crippen molar-refractivity contribution in [1.29, 1.82) is 0 Å². The number of nitrogens with one attached hydrogen (secondary N) is 1. The molecule has 2 unspecified atom stereocenters. The molecule has 1 aromatic heterocycles. The molecule has 3 rings (SSSR count). The smallest absolute Gasteiger partial charge is 0.137 e. The maximum atomic E-state index is 4.92. The first-order valence-electron chi connectivity index (χ1n) is 7.56. The van der Waals surface area contributed by atoms with Gasteiger partial charge in [-0.15, -0.1) is 0 Å². The molecule has 110 valence electrons. The van der Waals surface area contributed by atoms with E-state index in [4.69, 9.17) is 9.97 Å². The Kier molecular flexibility index (Phi) is 3.80. The van der Waals surface area contributed by atoms with Crippen LogP contribution < -0.4 is 10.2 Å². The van der Waals surface area contributed by atoms with E-state index in [9.17, 15) is 0 Å². The molecule has 0 spiro atoms. The van der Waals surface area contributed by atoms with Gasteiger partial charge in [-0.2, -0.15) is 11.8 Å². The van der Waals surface area contributed by atoms with Crippen LogP contribution in [0.5, 0.6) is 0 Å². The summed E-state index contributed by atoms with van der Waals surface area (Å²) in [5, 5.41) is 3.89. The van der Waals surface area contributed by atoms with Gasteiger partial charge >= 0.3 is 0 Å². The summed E-state index contributed by atoms with van der Waals surface area (Å²) >= 11 is 2.06. The van der Waals surface area contributed by atoms with E-state index >= 15 is 0 Å². The van der Waals surface area contributed by atoms with Gasteiger partial charge in [0.05, 0.1) is 0 Å². The minimum absolute atomic E-state index is 0.527. The van der Waals surface area contributed by atoms with Crippen molar-refractivity contribution in [2.75, 3.05) is 29.6 Å². The fourth-order valence-corrected chi connectivity index (χ4v) is 3.90. The summed E-state index contributed by atoms with van der Waals surface area (Å²) < 4.78 is 0. The molecule has 5 heteroatoms. The third-order valence-corrected chi connectivity index (χ3v) is 5.81. The van der Waals surface area contributed by atoms with Crippen molar-refractivity contribution in [3.8, 4) is 0 Å². The molecule has 20 heavy (non-hydrogen) atoms. The SMILES string of the molecule is CNc1nc(C2CC2)nc(N2CCSC(C)C2C)c1C. The highest BCUT2D eigenvalue weighted by Crippen LogP contribution is 2.40. The summed E-state index contributed by atoms with van der Waals surface area (Å²) in [5.74, 6) is 4.95. The molecule has 0 amide bonds. The van der Waals surface area contributed by atoms with Crippen LogP contribution in [0.1, 0.15) is 44.0 Å². The Balaban J connectivity index is 2.00. The second-order valence-electron chi connectivity index (χ2n) is 5.91. The van der Waals surface area contributed by atoms with E-state index in [1.165, 1.54) is 24.2 Å². The second kappa shape index (κ2) is 5.43. The summed E-state index contributed by atoms with van der Waals surface area (Å²) in [6, 6.07) is 0.527. The Morgan fingerprint density at radius 3 is 2.65 bits per heavy atom. The number of nitrogens with zero attached hydrogens (tertiary/aromatic N) is 3. The van der Waals surface area contributed by atoms with Gasteiger partial charge in [0.15, 0.2) is 0 Å². The van der Waals surface area contributed by atoms with Crippen molar-refractivity contribution >= 4 is 23.4 Å². The first-order chi connectivity index (χ1) is 9.61. The van der Waals surface area contributed by atoms with Gasteiger partial charge in [-0.3, -0.25) is 0 Å². The summed E-state index contributed by atoms with van der Waals surface area (Å²) in [5.41, 5.74) is 1.18. The molecule has 0 radical (unpaired) electrons. The Bertz CT molecular complexity index is 501. The molecule has 2 aliphatic rings. The van der Waals surface area contributed by atoms with Crippen LogP contribution in [0.2, 0.25) is 0 Å². The molecule has 1 N–H and O–H groups in total. The Morgan fingerprint density at radius 2 is 2.00 bits per heavy atom. The quantitative estimate of drug-likeness (QED) is 0.927. The van der Waals surface area contributed by atoms with E-state index in [1.807, 2.05) is 7.05 Å². The van der Waals surface area contributed by atoms with Crippen molar-refractivity contribution in [3.63, 3.8) is 0 Å². The van der Waals surface area contributed by atoms with Crippen LogP contribution in [-0.2, 0) is 0 Å². The fourth-order valence-electron chi connectivity index (χ4n) is 2.80. The topological polar surface area (TPSA) is 41.1 Å². The first kappa shape index (κ1) is 14.0. The summed E-state index contributed by atoms with van der Waals surface area (Å²) in [7, 11) is 1.95. The molecule has 1 aromatic rings. The Labute approximate surface area is 125 Å². The maximum absolute atomic E-state index is 4.92. The number of thioether (sulfide) groups is 1. The normalized spacial score (nSPS) is 26.7. The molecule has 0 bridgehead atoms. The van der Waals surface area contributed by atoms with Crippen LogP contribution in [0.15, 0.2) is 0 Å². The molecule has 1 saturated carbocycles. The highest BCUT2D eigenvalue weighted by atomic mass is 32.2. The number of aromatic nitrogens is 2. The van der Waals surface area contributed by atoms with Crippen LogP contribution in [0.4, 0.5) is 11.6 Å². The van der Waals surface area contributed by atoms with Gasteiger partial charge in [-0.05, 0) is 26.7 Å². The van der Waals surface area contributed by atoms with Crippen LogP contribution in [0, 0.1) is 6.92 Å². The van der Waals surface area contributed by atoms with Crippen LogP contribution in [0.25, 0.3) is 0 Å². The van der Waals surface area contributed by atoms with Crippen LogP contribution in [-0.4, -0.2) is 40.6 Å². The second-order valence-corrected chi connectivity index (χ2v) is 7.40. The zero-order valence-electron chi connectivity index (χ0n) is 12.8. The average molecular weight is 292 g/mol. The fraction of sp³-hybridized carbons (Fsp3) is 0.733. The van der Waals surface area contributed by atoms with Crippen molar-refractivity contribution in [2.24, 2.45) is 0 Å². The average Bonchev–Trinajstić information content (AvgIpc) is 3.27. The Morgan fingerprint density at radius 1 is 1.25 bits per heavy atom. The van der Waals surface area contributed by atoms with Gasteiger partial charge in [-0.1, -0.05) is 6.92 Å². The number of anilines is 2. The van der Waals surface area contributed by atoms with Gasteiger partial charge in [0, 0.05) is 42.1 Å². The molecule has 1 aliphatic heterocycles. The van der Waals surface area contributed by atoms with E-state index in [-0.39, 0.29) is 0 Å². The molecule has 2 fully saturated rings. The molecule has 2 atom stereocenters. The molecular formula is C15H24N4S. The lowest BCUT2D eigenvalue weighted by molar-refractivity contribution is 0.616. The summed E-state index contributed by atoms with van der Waals surface area (Å²) in [6.45, 7) is 7.85. The third-order valence-electron chi connectivity index (χ3n) is 4.47. The lowest BCUT2D eigenvalue weighted by atomic mass is 10.1. The monoisotopic (exact) mass is 292 g/mol. The van der Waals surface area contributed by atoms with E-state index in [1.54, 1.807) is 0 Å². The standard InChI is InChI=1S/C15H24N4S/c1-9-13(16-4)17-14(12-5-6-12)18-15(9)19-7-8-20-11(3)10(19)2/h10-12H,5-8H2,1-4H3,(H,16,17,18). The predicted molar refractivity (Wildman–Crippen MR) is 87.0 cm³/mol. The van der Waals surface area contributed by atoms with Gasteiger partial charge in [-0.25, -0.2) is 9.97 Å². The number of hydrogen-bond acceptors (Lipinski definition) is 5. The Hall–Kier alpha value is -0.970. The summed E-state index contributed by atoms with van der Waals surface area (Å²) in [4.78, 5) is 12.1. The first-order valence-corrected chi connectivity index (χ1v) is 8.61. The van der Waals surface area contributed by atoms with Crippen molar-refractivity contribution < 1.29 is 0 Å². The van der Waals surface area contributed by atoms with E-state index in [0.29, 0.717) is 17.2 Å². The van der Waals surface area contributed by atoms with Crippen molar-refractivity contribution in [1.82, 2.24) is 9.97 Å². The molecule has 1 saturated heterocycles. The third kappa shape index (κ3) is 2.48. The lowest BCUT2D eigenvalue weighted by Crippen LogP contribution is -2.45. The maximum Gasteiger partial charge on any atom is 0.137 e. The van der Waals surface area contributed by atoms with Crippen molar-refractivity contribution in [2.45, 2.75) is 50.8 Å². The molecule has 2 heterocycles. The minimum atomic E-state index is 0.527. The molecule has 1 aliphatic carbocycles. The highest BCUT2D eigenvalue weighted by Gasteiger charge is 2.32. The minimum Gasteiger partial charge on any atom is -0.373 e. The van der Waals surface area contributed by atoms with Gasteiger partial charge in [0.2, 0.25) is 0 Å². The zero-order valence-corrected chi connectivity index (χ0v) is 13.6. The molecular weight excluding hydrogens is 268 g/mol. The highest BCUT2D eigenvalue weighted by molar-refractivity contribution is 8.00. The van der Waals surface area contributed by atoms with Gasteiger partial charge < -0.3 is 10.2 Å². The summed E-state index contributed by atoms with van der Waals surface area (Å²) in [6.07, 6.45) is 2.49. The lowest BCUT2D eigenvalue weighted by Gasteiger charge is -2.39. The van der Waals surface area contributed by atoms with Gasteiger partial charge in [0.25, 0.3) is 0 Å².